The van der Waals surface area contributed by atoms with E-state index in [2.05, 4.69) is 0 Å². The van der Waals surface area contributed by atoms with Crippen LogP contribution in [0.25, 0.3) is 0 Å². The van der Waals surface area contributed by atoms with Crippen molar-refractivity contribution in [3.63, 3.8) is 0 Å². The number of rotatable bonds is 3. The van der Waals surface area contributed by atoms with Crippen molar-refractivity contribution >= 4 is 7.60 Å². The fourth-order valence-electron chi connectivity index (χ4n) is 3.00. The fraction of sp³-hybridized carbons (Fsp3) is 1.00. The van der Waals surface area contributed by atoms with E-state index >= 15 is 0 Å². The van der Waals surface area contributed by atoms with Gasteiger partial charge in [-0.05, 0) is 37.5 Å². The van der Waals surface area contributed by atoms with Crippen molar-refractivity contribution in [1.29, 1.82) is 0 Å². The molecule has 0 amide bonds. The Labute approximate surface area is 84.1 Å². The van der Waals surface area contributed by atoms with Gasteiger partial charge in [-0.3, -0.25) is 4.57 Å². The van der Waals surface area contributed by atoms with Gasteiger partial charge in [-0.1, -0.05) is 0 Å². The first kappa shape index (κ1) is 10.6. The van der Waals surface area contributed by atoms with E-state index in [1.54, 1.807) is 0 Å². The van der Waals surface area contributed by atoms with E-state index in [1.165, 1.54) is 14.2 Å². The lowest BCUT2D eigenvalue weighted by Gasteiger charge is -2.36. The Morgan fingerprint density at radius 3 is 2.36 bits per heavy atom. The summed E-state index contributed by atoms with van der Waals surface area (Å²) >= 11 is 0. The molecule has 2 rings (SSSR count). The van der Waals surface area contributed by atoms with Crippen LogP contribution in [0.1, 0.15) is 25.7 Å². The largest absolute Gasteiger partial charge is 0.377 e. The van der Waals surface area contributed by atoms with Crippen LogP contribution >= 0.6 is 7.60 Å². The molecule has 0 aromatic rings. The molecule has 0 aromatic carbocycles. The van der Waals surface area contributed by atoms with Crippen LogP contribution in [0.15, 0.2) is 0 Å². The van der Waals surface area contributed by atoms with Crippen LogP contribution in [0.5, 0.6) is 0 Å². The van der Waals surface area contributed by atoms with E-state index in [0.717, 1.165) is 19.3 Å². The van der Waals surface area contributed by atoms with E-state index in [-0.39, 0.29) is 5.92 Å². The van der Waals surface area contributed by atoms with E-state index < -0.39 is 12.9 Å². The minimum absolute atomic E-state index is 0.0956. The zero-order chi connectivity index (χ0) is 10.4. The van der Waals surface area contributed by atoms with Gasteiger partial charge in [0, 0.05) is 14.2 Å². The average Bonchev–Trinajstić information content (AvgIpc) is 2.76. The smallest absolute Gasteiger partial charge is 0.361 e. The zero-order valence-corrected chi connectivity index (χ0v) is 9.50. The standard InChI is InChI=1S/C9H17O4P/c1-12-14(11,13-2)9(10)6-7-3-4-8(9)5-7/h7-8,10H,3-6H2,1-2H3/t7-,8+,9+/m1/s1. The van der Waals surface area contributed by atoms with Gasteiger partial charge in [0.15, 0.2) is 5.34 Å². The maximum absolute atomic E-state index is 12.2. The van der Waals surface area contributed by atoms with Crippen molar-refractivity contribution in [2.75, 3.05) is 14.2 Å². The molecule has 0 aliphatic heterocycles. The Morgan fingerprint density at radius 2 is 2.00 bits per heavy atom. The summed E-state index contributed by atoms with van der Waals surface area (Å²) in [6.07, 6.45) is 3.61. The van der Waals surface area contributed by atoms with Gasteiger partial charge >= 0.3 is 7.60 Å². The summed E-state index contributed by atoms with van der Waals surface area (Å²) in [5, 5.41) is 9.16. The predicted molar refractivity (Wildman–Crippen MR) is 52.0 cm³/mol. The molecule has 0 spiro atoms. The van der Waals surface area contributed by atoms with Crippen LogP contribution in [0.2, 0.25) is 0 Å². The average molecular weight is 220 g/mol. The Balaban J connectivity index is 2.28. The lowest BCUT2D eigenvalue weighted by Crippen LogP contribution is -2.35. The molecule has 0 heterocycles. The van der Waals surface area contributed by atoms with Gasteiger partial charge in [0.25, 0.3) is 0 Å². The molecular formula is C9H17O4P. The highest BCUT2D eigenvalue weighted by Crippen LogP contribution is 2.70. The lowest BCUT2D eigenvalue weighted by atomic mass is 9.97. The quantitative estimate of drug-likeness (QED) is 0.739. The third-order valence-corrected chi connectivity index (χ3v) is 6.20. The molecule has 0 saturated heterocycles. The molecule has 2 aliphatic rings. The van der Waals surface area contributed by atoms with E-state index in [9.17, 15) is 9.67 Å². The molecule has 82 valence electrons. The third-order valence-electron chi connectivity index (χ3n) is 3.74. The number of aliphatic hydroxyl groups is 1. The Hall–Kier alpha value is 0.110. The topological polar surface area (TPSA) is 55.8 Å². The minimum atomic E-state index is -3.33. The van der Waals surface area contributed by atoms with Gasteiger partial charge < -0.3 is 14.2 Å². The summed E-state index contributed by atoms with van der Waals surface area (Å²) in [5.74, 6) is 0.599. The monoisotopic (exact) mass is 220 g/mol. The maximum Gasteiger partial charge on any atom is 0.361 e. The summed E-state index contributed by atoms with van der Waals surface area (Å²) in [5.41, 5.74) is 0. The summed E-state index contributed by atoms with van der Waals surface area (Å²) in [6, 6.07) is 0. The second-order valence-corrected chi connectivity index (χ2v) is 6.82. The third kappa shape index (κ3) is 1.21. The SMILES string of the molecule is COP(=O)(OC)[C@@]1(O)C[C@@H]2CC[C@H]1C2. The highest BCUT2D eigenvalue weighted by molar-refractivity contribution is 7.55. The Bertz CT molecular complexity index is 272. The normalized spacial score (nSPS) is 41.9. The van der Waals surface area contributed by atoms with Gasteiger partial charge in [-0.2, -0.15) is 0 Å². The van der Waals surface area contributed by atoms with Crippen LogP contribution in [0.4, 0.5) is 0 Å². The fourth-order valence-corrected chi connectivity index (χ4v) is 4.94. The first-order valence-corrected chi connectivity index (χ1v) is 6.54. The second kappa shape index (κ2) is 3.31. The van der Waals surface area contributed by atoms with E-state index in [4.69, 9.17) is 9.05 Å². The molecule has 0 unspecified atom stereocenters. The lowest BCUT2D eigenvalue weighted by molar-refractivity contribution is 0.0310. The Morgan fingerprint density at radius 1 is 1.36 bits per heavy atom. The van der Waals surface area contributed by atoms with Crippen LogP contribution in [-0.4, -0.2) is 24.7 Å². The molecule has 0 radical (unpaired) electrons. The van der Waals surface area contributed by atoms with Gasteiger partial charge in [-0.15, -0.1) is 0 Å². The van der Waals surface area contributed by atoms with Crippen LogP contribution < -0.4 is 0 Å². The number of fused-ring (bicyclic) bond motifs is 2. The summed E-state index contributed by atoms with van der Waals surface area (Å²) < 4.78 is 22.0. The van der Waals surface area contributed by atoms with Crippen molar-refractivity contribution in [2.24, 2.45) is 11.8 Å². The molecule has 2 bridgehead atoms. The molecule has 2 saturated carbocycles. The first-order valence-electron chi connectivity index (χ1n) is 4.99. The molecule has 2 fully saturated rings. The van der Waals surface area contributed by atoms with Crippen molar-refractivity contribution in [2.45, 2.75) is 31.0 Å². The van der Waals surface area contributed by atoms with Crippen molar-refractivity contribution < 1.29 is 18.7 Å². The second-order valence-electron chi connectivity index (χ2n) is 4.32. The van der Waals surface area contributed by atoms with Gasteiger partial charge in [0.1, 0.15) is 0 Å². The zero-order valence-electron chi connectivity index (χ0n) is 8.60. The molecule has 3 atom stereocenters. The molecular weight excluding hydrogens is 203 g/mol. The van der Waals surface area contributed by atoms with Crippen molar-refractivity contribution in [1.82, 2.24) is 0 Å². The highest BCUT2D eigenvalue weighted by Gasteiger charge is 2.61. The minimum Gasteiger partial charge on any atom is -0.377 e. The van der Waals surface area contributed by atoms with E-state index in [1.807, 2.05) is 0 Å². The highest BCUT2D eigenvalue weighted by atomic mass is 31.2. The summed E-state index contributed by atoms with van der Waals surface area (Å²) in [6.45, 7) is 0. The first-order chi connectivity index (χ1) is 6.55. The van der Waals surface area contributed by atoms with Gasteiger partial charge in [-0.25, -0.2) is 0 Å². The number of hydrogen-bond acceptors (Lipinski definition) is 4. The molecule has 2 aliphatic carbocycles. The van der Waals surface area contributed by atoms with Gasteiger partial charge in [0.2, 0.25) is 0 Å². The molecule has 5 heteroatoms. The van der Waals surface area contributed by atoms with E-state index in [0.29, 0.717) is 12.3 Å². The van der Waals surface area contributed by atoms with Crippen molar-refractivity contribution in [3.05, 3.63) is 0 Å². The molecule has 1 N–H and O–H groups in total. The van der Waals surface area contributed by atoms with Crippen LogP contribution in [0, 0.1) is 11.8 Å². The van der Waals surface area contributed by atoms with Crippen molar-refractivity contribution in [3.8, 4) is 0 Å². The molecule has 4 nitrogen and oxygen atoms in total. The van der Waals surface area contributed by atoms with Crippen LogP contribution in [-0.2, 0) is 13.6 Å². The summed E-state index contributed by atoms with van der Waals surface area (Å²) in [7, 11) is -0.644. The van der Waals surface area contributed by atoms with Crippen LogP contribution in [0.3, 0.4) is 0 Å². The summed E-state index contributed by atoms with van der Waals surface area (Å²) in [4.78, 5) is 0. The maximum atomic E-state index is 12.2. The Kier molecular flexibility index (Phi) is 2.51. The van der Waals surface area contributed by atoms with Gasteiger partial charge in [0.05, 0.1) is 0 Å². The molecule has 14 heavy (non-hydrogen) atoms. The molecule has 0 aromatic heterocycles. The predicted octanol–water partition coefficient (Wildman–Crippen LogP) is 1.98. The number of hydrogen-bond donors (Lipinski definition) is 1.